The molecule has 0 aliphatic carbocycles. The molecule has 0 fully saturated rings. The molecule has 0 aromatic heterocycles. The Labute approximate surface area is 148 Å². The smallest absolute Gasteiger partial charge is 0.339 e. The Morgan fingerprint density at radius 1 is 0.960 bits per heavy atom. The minimum absolute atomic E-state index is 0.0935. The van der Waals surface area contributed by atoms with Gasteiger partial charge in [0.25, 0.3) is 0 Å². The van der Waals surface area contributed by atoms with Crippen LogP contribution in [0, 0.1) is 6.92 Å². The Morgan fingerprint density at radius 2 is 1.52 bits per heavy atom. The minimum atomic E-state index is -3.88. The Morgan fingerprint density at radius 3 is 2.04 bits per heavy atom. The lowest BCUT2D eigenvalue weighted by molar-refractivity contribution is -0.153. The summed E-state index contributed by atoms with van der Waals surface area (Å²) in [4.78, 5) is 11.9. The molecule has 0 heterocycles. The summed E-state index contributed by atoms with van der Waals surface area (Å²) < 4.78 is 34.9. The average Bonchev–Trinajstić information content (AvgIpc) is 2.47. The number of esters is 1. The highest BCUT2D eigenvalue weighted by Gasteiger charge is 2.18. The van der Waals surface area contributed by atoms with Crippen molar-refractivity contribution in [3.63, 3.8) is 0 Å². The topological polar surface area (TPSA) is 69.7 Å². The van der Waals surface area contributed by atoms with E-state index in [-0.39, 0.29) is 23.0 Å². The predicted molar refractivity (Wildman–Crippen MR) is 95.0 cm³/mol. The molecule has 2 aromatic carbocycles. The number of carbonyl (C=O) groups is 1. The molecule has 0 unspecified atom stereocenters. The standard InChI is InChI=1S/C19H22O5S/c1-14-5-11-17(12-6-14)25(21,22)24-16-9-7-15(8-10-16)13-18(20)23-19(2,3)4/h5-12H,13H2,1-4H3. The van der Waals surface area contributed by atoms with E-state index in [1.54, 1.807) is 45.0 Å². The van der Waals surface area contributed by atoms with Gasteiger partial charge in [-0.15, -0.1) is 0 Å². The molecule has 0 aliphatic rings. The van der Waals surface area contributed by atoms with Gasteiger partial charge in [-0.05, 0) is 57.5 Å². The predicted octanol–water partition coefficient (Wildman–Crippen LogP) is 3.65. The van der Waals surface area contributed by atoms with Crippen LogP contribution in [0.1, 0.15) is 31.9 Å². The van der Waals surface area contributed by atoms with Gasteiger partial charge in [-0.25, -0.2) is 0 Å². The lowest BCUT2D eigenvalue weighted by atomic mass is 10.1. The first kappa shape index (κ1) is 19.0. The minimum Gasteiger partial charge on any atom is -0.460 e. The van der Waals surface area contributed by atoms with Crippen molar-refractivity contribution in [3.8, 4) is 5.75 Å². The molecule has 2 rings (SSSR count). The zero-order valence-corrected chi connectivity index (χ0v) is 15.6. The van der Waals surface area contributed by atoms with Crippen LogP contribution in [0.4, 0.5) is 0 Å². The molecule has 5 nitrogen and oxygen atoms in total. The zero-order valence-electron chi connectivity index (χ0n) is 14.8. The van der Waals surface area contributed by atoms with Crippen LogP contribution >= 0.6 is 0 Å². The maximum atomic E-state index is 12.2. The second kappa shape index (κ2) is 7.27. The molecule has 0 saturated carbocycles. The summed E-state index contributed by atoms with van der Waals surface area (Å²) in [6.45, 7) is 7.29. The largest absolute Gasteiger partial charge is 0.460 e. The van der Waals surface area contributed by atoms with Crippen molar-refractivity contribution >= 4 is 16.1 Å². The molecule has 0 saturated heterocycles. The van der Waals surface area contributed by atoms with Crippen LogP contribution in [0.3, 0.4) is 0 Å². The maximum absolute atomic E-state index is 12.2. The van der Waals surface area contributed by atoms with Crippen molar-refractivity contribution in [1.29, 1.82) is 0 Å². The Bertz CT molecular complexity index is 829. The van der Waals surface area contributed by atoms with Crippen LogP contribution < -0.4 is 4.18 Å². The molecular formula is C19H22O5S. The number of ether oxygens (including phenoxy) is 1. The molecule has 2 aromatic rings. The highest BCUT2D eigenvalue weighted by atomic mass is 32.2. The molecule has 0 spiro atoms. The van der Waals surface area contributed by atoms with Gasteiger partial charge in [0.15, 0.2) is 0 Å². The summed E-state index contributed by atoms with van der Waals surface area (Å²) in [6, 6.07) is 12.7. The van der Waals surface area contributed by atoms with E-state index in [9.17, 15) is 13.2 Å². The SMILES string of the molecule is Cc1ccc(S(=O)(=O)Oc2ccc(CC(=O)OC(C)(C)C)cc2)cc1. The number of hydrogen-bond donors (Lipinski definition) is 0. The van der Waals surface area contributed by atoms with Crippen molar-refractivity contribution in [2.45, 2.75) is 44.6 Å². The first-order chi connectivity index (χ1) is 11.5. The van der Waals surface area contributed by atoms with E-state index in [4.69, 9.17) is 8.92 Å². The molecule has 25 heavy (non-hydrogen) atoms. The highest BCUT2D eigenvalue weighted by molar-refractivity contribution is 7.87. The monoisotopic (exact) mass is 362 g/mol. The third kappa shape index (κ3) is 5.90. The Hall–Kier alpha value is -2.34. The van der Waals surface area contributed by atoms with Crippen molar-refractivity contribution in [3.05, 3.63) is 59.7 Å². The summed E-state index contributed by atoms with van der Waals surface area (Å²) >= 11 is 0. The second-order valence-corrected chi connectivity index (χ2v) is 8.30. The summed E-state index contributed by atoms with van der Waals surface area (Å²) in [5.74, 6) is -0.151. The molecule has 0 N–H and O–H groups in total. The normalized spacial score (nSPS) is 11.8. The van der Waals surface area contributed by atoms with Crippen LogP contribution in [-0.2, 0) is 26.1 Å². The third-order valence-corrected chi connectivity index (χ3v) is 4.47. The van der Waals surface area contributed by atoms with Gasteiger partial charge in [-0.3, -0.25) is 4.79 Å². The average molecular weight is 362 g/mol. The van der Waals surface area contributed by atoms with E-state index in [1.807, 2.05) is 6.92 Å². The molecule has 134 valence electrons. The highest BCUT2D eigenvalue weighted by Crippen LogP contribution is 2.20. The first-order valence-electron chi connectivity index (χ1n) is 7.87. The Balaban J connectivity index is 2.05. The van der Waals surface area contributed by atoms with Crippen molar-refractivity contribution in [2.24, 2.45) is 0 Å². The molecule has 0 amide bonds. The number of benzene rings is 2. The van der Waals surface area contributed by atoms with E-state index >= 15 is 0 Å². The van der Waals surface area contributed by atoms with Gasteiger partial charge in [0.05, 0.1) is 6.42 Å². The van der Waals surface area contributed by atoms with Gasteiger partial charge in [0.2, 0.25) is 0 Å². The van der Waals surface area contributed by atoms with E-state index in [0.717, 1.165) is 5.56 Å². The van der Waals surface area contributed by atoms with E-state index in [0.29, 0.717) is 5.56 Å². The number of carbonyl (C=O) groups excluding carboxylic acids is 1. The van der Waals surface area contributed by atoms with Gasteiger partial charge < -0.3 is 8.92 Å². The van der Waals surface area contributed by atoms with Crippen LogP contribution in [0.25, 0.3) is 0 Å². The third-order valence-electron chi connectivity index (χ3n) is 3.21. The fourth-order valence-electron chi connectivity index (χ4n) is 2.09. The fourth-order valence-corrected chi connectivity index (χ4v) is 3.02. The molecule has 0 aliphatic heterocycles. The first-order valence-corrected chi connectivity index (χ1v) is 9.28. The molecule has 6 heteroatoms. The van der Waals surface area contributed by atoms with E-state index in [2.05, 4.69) is 0 Å². The Kier molecular flexibility index (Phi) is 5.52. The van der Waals surface area contributed by atoms with Crippen molar-refractivity contribution < 1.29 is 22.1 Å². The van der Waals surface area contributed by atoms with Gasteiger partial charge in [-0.1, -0.05) is 29.8 Å². The van der Waals surface area contributed by atoms with Crippen LogP contribution in [-0.4, -0.2) is 20.0 Å². The molecular weight excluding hydrogens is 340 g/mol. The molecule has 0 bridgehead atoms. The van der Waals surface area contributed by atoms with Gasteiger partial charge in [0.1, 0.15) is 16.2 Å². The zero-order chi connectivity index (χ0) is 18.7. The number of aryl methyl sites for hydroxylation is 1. The van der Waals surface area contributed by atoms with Crippen LogP contribution in [0.5, 0.6) is 5.75 Å². The fraction of sp³-hybridized carbons (Fsp3) is 0.316. The van der Waals surface area contributed by atoms with Crippen LogP contribution in [0.2, 0.25) is 0 Å². The van der Waals surface area contributed by atoms with E-state index < -0.39 is 15.7 Å². The number of rotatable bonds is 5. The molecule has 0 atom stereocenters. The second-order valence-electron chi connectivity index (χ2n) is 6.76. The van der Waals surface area contributed by atoms with Gasteiger partial charge in [-0.2, -0.15) is 8.42 Å². The van der Waals surface area contributed by atoms with Crippen molar-refractivity contribution in [2.75, 3.05) is 0 Å². The lowest BCUT2D eigenvalue weighted by Gasteiger charge is -2.19. The summed E-state index contributed by atoms with van der Waals surface area (Å²) in [7, 11) is -3.88. The maximum Gasteiger partial charge on any atom is 0.339 e. The van der Waals surface area contributed by atoms with Gasteiger partial charge >= 0.3 is 16.1 Å². The summed E-state index contributed by atoms with van der Waals surface area (Å²) in [6.07, 6.45) is 0.113. The summed E-state index contributed by atoms with van der Waals surface area (Å²) in [5.41, 5.74) is 1.14. The lowest BCUT2D eigenvalue weighted by Crippen LogP contribution is -2.24. The van der Waals surface area contributed by atoms with Gasteiger partial charge in [0, 0.05) is 0 Å². The van der Waals surface area contributed by atoms with Crippen molar-refractivity contribution in [1.82, 2.24) is 0 Å². The number of hydrogen-bond acceptors (Lipinski definition) is 5. The quantitative estimate of drug-likeness (QED) is 0.600. The summed E-state index contributed by atoms with van der Waals surface area (Å²) in [5, 5.41) is 0. The van der Waals surface area contributed by atoms with Crippen LogP contribution in [0.15, 0.2) is 53.4 Å². The molecule has 0 radical (unpaired) electrons. The van der Waals surface area contributed by atoms with E-state index in [1.165, 1.54) is 24.3 Å².